The summed E-state index contributed by atoms with van der Waals surface area (Å²) in [7, 11) is 0. The summed E-state index contributed by atoms with van der Waals surface area (Å²) in [6.45, 7) is 13.1. The highest BCUT2D eigenvalue weighted by molar-refractivity contribution is 4.77. The monoisotopic (exact) mass is 214 g/mol. The van der Waals surface area contributed by atoms with Gasteiger partial charge in [0.25, 0.3) is 0 Å². The maximum atomic E-state index is 9.77. The molecule has 0 aromatic rings. The van der Waals surface area contributed by atoms with E-state index < -0.39 is 0 Å². The Kier molecular flexibility index (Phi) is 5.58. The molecule has 0 saturated carbocycles. The van der Waals surface area contributed by atoms with Crippen molar-refractivity contribution < 1.29 is 5.11 Å². The number of rotatable bonds is 5. The molecule has 1 rings (SSSR count). The van der Waals surface area contributed by atoms with Crippen molar-refractivity contribution in [1.29, 1.82) is 0 Å². The SMILES string of the molecule is CCN(CC)CCN1CC[C@@H](C)[C@H](O)C1. The van der Waals surface area contributed by atoms with E-state index in [0.717, 1.165) is 45.7 Å². The molecule has 0 aromatic heterocycles. The molecule has 1 aliphatic heterocycles. The lowest BCUT2D eigenvalue weighted by molar-refractivity contribution is 0.0258. The third-order valence-corrected chi connectivity index (χ3v) is 3.63. The first-order chi connectivity index (χ1) is 7.17. The topological polar surface area (TPSA) is 26.7 Å². The van der Waals surface area contributed by atoms with Crippen molar-refractivity contribution in [3.63, 3.8) is 0 Å². The molecular formula is C12H26N2O. The van der Waals surface area contributed by atoms with Crippen LogP contribution in [0.15, 0.2) is 0 Å². The largest absolute Gasteiger partial charge is 0.392 e. The fourth-order valence-corrected chi connectivity index (χ4v) is 2.14. The molecule has 0 aromatic carbocycles. The normalized spacial score (nSPS) is 28.6. The zero-order chi connectivity index (χ0) is 11.3. The van der Waals surface area contributed by atoms with Crippen LogP contribution in [0.4, 0.5) is 0 Å². The van der Waals surface area contributed by atoms with Gasteiger partial charge in [-0.2, -0.15) is 0 Å². The standard InChI is InChI=1S/C12H26N2O/c1-4-13(5-2)8-9-14-7-6-11(3)12(15)10-14/h11-12,15H,4-10H2,1-3H3/t11-,12-/m1/s1. The van der Waals surface area contributed by atoms with Crippen molar-refractivity contribution in [2.24, 2.45) is 5.92 Å². The number of hydrogen-bond acceptors (Lipinski definition) is 3. The van der Waals surface area contributed by atoms with E-state index >= 15 is 0 Å². The minimum atomic E-state index is -0.115. The van der Waals surface area contributed by atoms with Crippen LogP contribution in [-0.2, 0) is 0 Å². The Balaban J connectivity index is 2.22. The highest BCUT2D eigenvalue weighted by Gasteiger charge is 2.23. The highest BCUT2D eigenvalue weighted by atomic mass is 16.3. The van der Waals surface area contributed by atoms with Crippen LogP contribution in [-0.4, -0.2) is 60.3 Å². The number of likely N-dealkylation sites (N-methyl/N-ethyl adjacent to an activating group) is 1. The molecule has 1 aliphatic rings. The number of β-amino-alcohol motifs (C(OH)–C–C–N with tert-alkyl or cyclic N) is 1. The molecule has 0 radical (unpaired) electrons. The number of hydrogen-bond donors (Lipinski definition) is 1. The van der Waals surface area contributed by atoms with E-state index in [-0.39, 0.29) is 6.10 Å². The Labute approximate surface area is 94.1 Å². The molecule has 1 fully saturated rings. The minimum absolute atomic E-state index is 0.115. The summed E-state index contributed by atoms with van der Waals surface area (Å²) in [5, 5.41) is 9.77. The lowest BCUT2D eigenvalue weighted by atomic mass is 9.96. The molecule has 0 spiro atoms. The van der Waals surface area contributed by atoms with Crippen LogP contribution in [0.5, 0.6) is 0 Å². The smallest absolute Gasteiger partial charge is 0.0693 e. The van der Waals surface area contributed by atoms with Crippen LogP contribution in [0, 0.1) is 5.92 Å². The Morgan fingerprint density at radius 2 is 2.00 bits per heavy atom. The van der Waals surface area contributed by atoms with Crippen molar-refractivity contribution in [2.75, 3.05) is 39.3 Å². The lowest BCUT2D eigenvalue weighted by Gasteiger charge is -2.35. The van der Waals surface area contributed by atoms with Gasteiger partial charge in [0, 0.05) is 19.6 Å². The van der Waals surface area contributed by atoms with Crippen LogP contribution in [0.2, 0.25) is 0 Å². The van der Waals surface area contributed by atoms with Crippen LogP contribution in [0.3, 0.4) is 0 Å². The average molecular weight is 214 g/mol. The van der Waals surface area contributed by atoms with Gasteiger partial charge in [0.1, 0.15) is 0 Å². The van der Waals surface area contributed by atoms with E-state index in [2.05, 4.69) is 30.6 Å². The number of nitrogens with zero attached hydrogens (tertiary/aromatic N) is 2. The number of piperidine rings is 1. The van der Waals surface area contributed by atoms with Gasteiger partial charge >= 0.3 is 0 Å². The van der Waals surface area contributed by atoms with Gasteiger partial charge in [-0.1, -0.05) is 20.8 Å². The van der Waals surface area contributed by atoms with E-state index in [1.54, 1.807) is 0 Å². The first kappa shape index (κ1) is 12.9. The predicted molar refractivity (Wildman–Crippen MR) is 64.0 cm³/mol. The van der Waals surface area contributed by atoms with Gasteiger partial charge in [0.05, 0.1) is 6.10 Å². The number of aliphatic hydroxyl groups excluding tert-OH is 1. The zero-order valence-corrected chi connectivity index (χ0v) is 10.4. The fraction of sp³-hybridized carbons (Fsp3) is 1.00. The number of likely N-dealkylation sites (tertiary alicyclic amines) is 1. The van der Waals surface area contributed by atoms with Crippen LogP contribution >= 0.6 is 0 Å². The number of aliphatic hydroxyl groups is 1. The second kappa shape index (κ2) is 6.46. The summed E-state index contributed by atoms with van der Waals surface area (Å²) < 4.78 is 0. The van der Waals surface area contributed by atoms with Gasteiger partial charge in [-0.3, -0.25) is 4.90 Å². The summed E-state index contributed by atoms with van der Waals surface area (Å²) in [5.74, 6) is 0.481. The van der Waals surface area contributed by atoms with E-state index in [9.17, 15) is 5.11 Å². The molecule has 90 valence electrons. The van der Waals surface area contributed by atoms with Crippen molar-refractivity contribution in [2.45, 2.75) is 33.3 Å². The maximum absolute atomic E-state index is 9.77. The summed E-state index contributed by atoms with van der Waals surface area (Å²) in [6.07, 6.45) is 1.02. The van der Waals surface area contributed by atoms with E-state index in [1.807, 2.05) is 0 Å². The Morgan fingerprint density at radius 1 is 1.33 bits per heavy atom. The molecule has 0 amide bonds. The lowest BCUT2D eigenvalue weighted by Crippen LogP contribution is -2.45. The predicted octanol–water partition coefficient (Wildman–Crippen LogP) is 1.03. The maximum Gasteiger partial charge on any atom is 0.0693 e. The second-order valence-electron chi connectivity index (χ2n) is 4.66. The Morgan fingerprint density at radius 3 is 2.53 bits per heavy atom. The van der Waals surface area contributed by atoms with Gasteiger partial charge in [0.2, 0.25) is 0 Å². The first-order valence-corrected chi connectivity index (χ1v) is 6.30. The molecule has 2 atom stereocenters. The third kappa shape index (κ3) is 4.09. The molecule has 0 aliphatic carbocycles. The summed E-state index contributed by atoms with van der Waals surface area (Å²) in [5.41, 5.74) is 0. The molecular weight excluding hydrogens is 188 g/mol. The molecule has 1 heterocycles. The van der Waals surface area contributed by atoms with Gasteiger partial charge in [-0.05, 0) is 32.0 Å². The molecule has 1 saturated heterocycles. The highest BCUT2D eigenvalue weighted by Crippen LogP contribution is 2.16. The van der Waals surface area contributed by atoms with Gasteiger partial charge in [0.15, 0.2) is 0 Å². The molecule has 1 N–H and O–H groups in total. The first-order valence-electron chi connectivity index (χ1n) is 6.30. The molecule has 3 nitrogen and oxygen atoms in total. The molecule has 0 unspecified atom stereocenters. The summed E-state index contributed by atoms with van der Waals surface area (Å²) >= 11 is 0. The Bertz CT molecular complexity index is 171. The van der Waals surface area contributed by atoms with Crippen LogP contribution < -0.4 is 0 Å². The van der Waals surface area contributed by atoms with E-state index in [1.165, 1.54) is 0 Å². The summed E-state index contributed by atoms with van der Waals surface area (Å²) in [6, 6.07) is 0. The van der Waals surface area contributed by atoms with Crippen molar-refractivity contribution >= 4 is 0 Å². The van der Waals surface area contributed by atoms with E-state index in [0.29, 0.717) is 5.92 Å². The molecule has 0 bridgehead atoms. The second-order valence-corrected chi connectivity index (χ2v) is 4.66. The Hall–Kier alpha value is -0.120. The fourth-order valence-electron chi connectivity index (χ4n) is 2.14. The van der Waals surface area contributed by atoms with Crippen LogP contribution in [0.25, 0.3) is 0 Å². The van der Waals surface area contributed by atoms with Crippen LogP contribution in [0.1, 0.15) is 27.2 Å². The third-order valence-electron chi connectivity index (χ3n) is 3.63. The minimum Gasteiger partial charge on any atom is -0.392 e. The average Bonchev–Trinajstić information content (AvgIpc) is 2.24. The quantitative estimate of drug-likeness (QED) is 0.740. The zero-order valence-electron chi connectivity index (χ0n) is 10.4. The van der Waals surface area contributed by atoms with E-state index in [4.69, 9.17) is 0 Å². The van der Waals surface area contributed by atoms with Crippen molar-refractivity contribution in [3.8, 4) is 0 Å². The van der Waals surface area contributed by atoms with Crippen molar-refractivity contribution in [3.05, 3.63) is 0 Å². The van der Waals surface area contributed by atoms with Gasteiger partial charge in [-0.15, -0.1) is 0 Å². The van der Waals surface area contributed by atoms with Crippen molar-refractivity contribution in [1.82, 2.24) is 9.80 Å². The van der Waals surface area contributed by atoms with Gasteiger partial charge in [-0.25, -0.2) is 0 Å². The summed E-state index contributed by atoms with van der Waals surface area (Å²) in [4.78, 5) is 4.83. The molecule has 15 heavy (non-hydrogen) atoms. The molecule has 3 heteroatoms. The van der Waals surface area contributed by atoms with Gasteiger partial charge < -0.3 is 10.0 Å².